The average Bonchev–Trinajstić information content (AvgIpc) is 3.14. The van der Waals surface area contributed by atoms with Gasteiger partial charge in [0.15, 0.2) is 0 Å². The Morgan fingerprint density at radius 2 is 1.70 bits per heavy atom. The first-order valence-electron chi connectivity index (χ1n) is 8.40. The number of thiophene rings is 1. The zero-order chi connectivity index (χ0) is 15.8. The zero-order valence-corrected chi connectivity index (χ0v) is 14.4. The van der Waals surface area contributed by atoms with Crippen LogP contribution in [0.3, 0.4) is 0 Å². The first kappa shape index (κ1) is 15.3. The first-order valence-corrected chi connectivity index (χ1v) is 9.22. The van der Waals surface area contributed by atoms with E-state index in [2.05, 4.69) is 28.9 Å². The van der Waals surface area contributed by atoms with Crippen LogP contribution < -0.4 is 0 Å². The molecule has 4 rings (SSSR count). The van der Waals surface area contributed by atoms with Crippen LogP contribution >= 0.6 is 11.3 Å². The van der Waals surface area contributed by atoms with Crippen molar-refractivity contribution < 1.29 is 4.39 Å². The lowest BCUT2D eigenvalue weighted by Gasteiger charge is -2.21. The highest BCUT2D eigenvalue weighted by Crippen LogP contribution is 2.33. The fourth-order valence-corrected chi connectivity index (χ4v) is 5.06. The summed E-state index contributed by atoms with van der Waals surface area (Å²) in [6, 6.07) is 11.5. The predicted octanol–water partition coefficient (Wildman–Crippen LogP) is 3.76. The van der Waals surface area contributed by atoms with E-state index in [0.29, 0.717) is 0 Å². The van der Waals surface area contributed by atoms with E-state index < -0.39 is 0 Å². The largest absolute Gasteiger partial charge is 0.298 e. The molecule has 2 atom stereocenters. The van der Waals surface area contributed by atoms with E-state index in [4.69, 9.17) is 0 Å². The molecular formula is C19H23FN2S. The van der Waals surface area contributed by atoms with Crippen LogP contribution in [0.25, 0.3) is 0 Å². The van der Waals surface area contributed by atoms with E-state index in [9.17, 15) is 4.39 Å². The van der Waals surface area contributed by atoms with Gasteiger partial charge in [-0.1, -0.05) is 12.1 Å². The predicted molar refractivity (Wildman–Crippen MR) is 93.0 cm³/mol. The number of benzene rings is 1. The van der Waals surface area contributed by atoms with Gasteiger partial charge in [-0.05, 0) is 48.6 Å². The van der Waals surface area contributed by atoms with Gasteiger partial charge in [-0.2, -0.15) is 0 Å². The Balaban J connectivity index is 1.31. The van der Waals surface area contributed by atoms with Gasteiger partial charge in [0.1, 0.15) is 5.82 Å². The SMILES string of the molecule is Cc1ccc(CN2C[C@@H]3CN(Cc4cccc(F)c4)C[C@H]3C2)s1. The molecule has 0 aliphatic carbocycles. The Hall–Kier alpha value is -1.23. The van der Waals surface area contributed by atoms with Gasteiger partial charge in [-0.15, -0.1) is 11.3 Å². The van der Waals surface area contributed by atoms with E-state index in [1.807, 2.05) is 23.5 Å². The van der Waals surface area contributed by atoms with Gasteiger partial charge in [-0.25, -0.2) is 4.39 Å². The Kier molecular flexibility index (Phi) is 4.22. The van der Waals surface area contributed by atoms with Crippen LogP contribution in [-0.2, 0) is 13.1 Å². The molecule has 2 aromatic rings. The lowest BCUT2D eigenvalue weighted by molar-refractivity contribution is 0.247. The summed E-state index contributed by atoms with van der Waals surface area (Å²) in [4.78, 5) is 8.00. The molecule has 4 heteroatoms. The monoisotopic (exact) mass is 330 g/mol. The Bertz CT molecular complexity index is 670. The van der Waals surface area contributed by atoms with Crippen molar-refractivity contribution in [3.05, 3.63) is 57.5 Å². The molecule has 2 saturated heterocycles. The molecule has 2 aliphatic rings. The summed E-state index contributed by atoms with van der Waals surface area (Å²) in [7, 11) is 0. The van der Waals surface area contributed by atoms with Crippen molar-refractivity contribution in [1.82, 2.24) is 9.80 Å². The molecule has 0 bridgehead atoms. The van der Waals surface area contributed by atoms with E-state index in [1.54, 1.807) is 6.07 Å². The third kappa shape index (κ3) is 3.49. The summed E-state index contributed by atoms with van der Waals surface area (Å²) in [6.45, 7) is 8.90. The van der Waals surface area contributed by atoms with Crippen LogP contribution in [0, 0.1) is 24.6 Å². The zero-order valence-electron chi connectivity index (χ0n) is 13.5. The van der Waals surface area contributed by atoms with Crippen molar-refractivity contribution >= 4 is 11.3 Å². The number of aryl methyl sites for hydroxylation is 1. The third-order valence-electron chi connectivity index (χ3n) is 5.11. The molecule has 0 N–H and O–H groups in total. The molecule has 2 fully saturated rings. The quantitative estimate of drug-likeness (QED) is 0.842. The number of fused-ring (bicyclic) bond motifs is 1. The van der Waals surface area contributed by atoms with E-state index >= 15 is 0 Å². The molecule has 122 valence electrons. The smallest absolute Gasteiger partial charge is 0.123 e. The fraction of sp³-hybridized carbons (Fsp3) is 0.474. The third-order valence-corrected chi connectivity index (χ3v) is 6.09. The van der Waals surface area contributed by atoms with Gasteiger partial charge in [0, 0.05) is 49.0 Å². The summed E-state index contributed by atoms with van der Waals surface area (Å²) < 4.78 is 13.3. The van der Waals surface area contributed by atoms with Crippen molar-refractivity contribution in [2.75, 3.05) is 26.2 Å². The van der Waals surface area contributed by atoms with Gasteiger partial charge < -0.3 is 0 Å². The van der Waals surface area contributed by atoms with Crippen LogP contribution in [-0.4, -0.2) is 36.0 Å². The molecule has 0 radical (unpaired) electrons. The number of halogens is 1. The van der Waals surface area contributed by atoms with E-state index in [0.717, 1.165) is 43.6 Å². The Morgan fingerprint density at radius 1 is 1.00 bits per heavy atom. The molecule has 3 heterocycles. The second kappa shape index (κ2) is 6.34. The lowest BCUT2D eigenvalue weighted by Crippen LogP contribution is -2.28. The number of likely N-dealkylation sites (tertiary alicyclic amines) is 2. The van der Waals surface area contributed by atoms with E-state index in [1.165, 1.54) is 28.9 Å². The lowest BCUT2D eigenvalue weighted by atomic mass is 10.0. The second-order valence-corrected chi connectivity index (χ2v) is 8.42. The van der Waals surface area contributed by atoms with Gasteiger partial charge in [-0.3, -0.25) is 9.80 Å². The number of hydrogen-bond donors (Lipinski definition) is 0. The normalized spacial score (nSPS) is 25.1. The molecule has 2 nitrogen and oxygen atoms in total. The molecule has 0 amide bonds. The summed E-state index contributed by atoms with van der Waals surface area (Å²) >= 11 is 1.92. The van der Waals surface area contributed by atoms with Gasteiger partial charge in [0.25, 0.3) is 0 Å². The second-order valence-electron chi connectivity index (χ2n) is 7.05. The summed E-state index contributed by atoms with van der Waals surface area (Å²) in [5, 5.41) is 0. The number of rotatable bonds is 4. The van der Waals surface area contributed by atoms with Crippen LogP contribution in [0.5, 0.6) is 0 Å². The van der Waals surface area contributed by atoms with Crippen LogP contribution in [0.2, 0.25) is 0 Å². The van der Waals surface area contributed by atoms with Gasteiger partial charge in [0.05, 0.1) is 0 Å². The Labute approximate surface area is 141 Å². The topological polar surface area (TPSA) is 6.48 Å². The minimum atomic E-state index is -0.126. The maximum absolute atomic E-state index is 13.3. The molecule has 23 heavy (non-hydrogen) atoms. The van der Waals surface area contributed by atoms with Gasteiger partial charge in [0.2, 0.25) is 0 Å². The fourth-order valence-electron chi connectivity index (χ4n) is 4.13. The molecule has 0 unspecified atom stereocenters. The maximum Gasteiger partial charge on any atom is 0.123 e. The summed E-state index contributed by atoms with van der Waals surface area (Å²) in [5.74, 6) is 1.44. The highest BCUT2D eigenvalue weighted by Gasteiger charge is 2.39. The molecule has 1 aromatic heterocycles. The van der Waals surface area contributed by atoms with Crippen LogP contribution in [0.1, 0.15) is 15.3 Å². The van der Waals surface area contributed by atoms with Crippen molar-refractivity contribution in [3.8, 4) is 0 Å². The van der Waals surface area contributed by atoms with Crippen LogP contribution in [0.15, 0.2) is 36.4 Å². The van der Waals surface area contributed by atoms with Crippen molar-refractivity contribution in [3.63, 3.8) is 0 Å². The molecule has 2 aliphatic heterocycles. The number of nitrogens with zero attached hydrogens (tertiary/aromatic N) is 2. The van der Waals surface area contributed by atoms with Crippen LogP contribution in [0.4, 0.5) is 4.39 Å². The van der Waals surface area contributed by atoms with Crippen molar-refractivity contribution in [1.29, 1.82) is 0 Å². The highest BCUT2D eigenvalue weighted by molar-refractivity contribution is 7.11. The molecule has 1 aromatic carbocycles. The molecular weight excluding hydrogens is 307 g/mol. The minimum absolute atomic E-state index is 0.126. The standard InChI is InChI=1S/C19H23FN2S/c1-14-5-6-19(23-14)13-22-11-16-9-21(10-17(16)12-22)8-15-3-2-4-18(20)7-15/h2-7,16-17H,8-13H2,1H3/t16-,17-/m0/s1. The average molecular weight is 330 g/mol. The molecule has 0 spiro atoms. The van der Waals surface area contributed by atoms with E-state index in [-0.39, 0.29) is 5.82 Å². The molecule has 0 saturated carbocycles. The highest BCUT2D eigenvalue weighted by atomic mass is 32.1. The number of hydrogen-bond acceptors (Lipinski definition) is 3. The minimum Gasteiger partial charge on any atom is -0.298 e. The Morgan fingerprint density at radius 3 is 2.30 bits per heavy atom. The summed E-state index contributed by atoms with van der Waals surface area (Å²) in [6.07, 6.45) is 0. The van der Waals surface area contributed by atoms with Gasteiger partial charge >= 0.3 is 0 Å². The van der Waals surface area contributed by atoms with Crippen molar-refractivity contribution in [2.24, 2.45) is 11.8 Å². The first-order chi connectivity index (χ1) is 11.2. The van der Waals surface area contributed by atoms with Crippen molar-refractivity contribution in [2.45, 2.75) is 20.0 Å². The maximum atomic E-state index is 13.3. The summed E-state index contributed by atoms with van der Waals surface area (Å²) in [5.41, 5.74) is 1.09.